The molecule has 0 aromatic heterocycles. The molecule has 1 aliphatic heterocycles. The van der Waals surface area contributed by atoms with E-state index in [0.29, 0.717) is 5.41 Å². The monoisotopic (exact) mass is 154 g/mol. The van der Waals surface area contributed by atoms with Gasteiger partial charge in [-0.3, -0.25) is 0 Å². The largest absolute Gasteiger partial charge is 0.304 e. The average Bonchev–Trinajstić information content (AvgIpc) is 2.03. The van der Waals surface area contributed by atoms with Crippen molar-refractivity contribution in [2.45, 2.75) is 38.6 Å². The lowest BCUT2D eigenvalue weighted by Gasteiger charge is -2.45. The molecule has 2 N–H and O–H groups in total. The van der Waals surface area contributed by atoms with Gasteiger partial charge in [0, 0.05) is 19.3 Å². The summed E-state index contributed by atoms with van der Waals surface area (Å²) in [6.07, 6.45) is 5.64. The second-order valence-electron chi connectivity index (χ2n) is 4.26. The van der Waals surface area contributed by atoms with Crippen LogP contribution in [0.4, 0.5) is 0 Å². The van der Waals surface area contributed by atoms with Gasteiger partial charge in [-0.25, -0.2) is 0 Å². The van der Waals surface area contributed by atoms with Gasteiger partial charge in [0.05, 0.1) is 0 Å². The van der Waals surface area contributed by atoms with E-state index < -0.39 is 0 Å². The van der Waals surface area contributed by atoms with Crippen LogP contribution in [0, 0.1) is 5.41 Å². The number of fused-ring (bicyclic) bond motifs is 1. The van der Waals surface area contributed by atoms with Crippen LogP contribution >= 0.6 is 0 Å². The summed E-state index contributed by atoms with van der Waals surface area (Å²) < 4.78 is 0. The van der Waals surface area contributed by atoms with Gasteiger partial charge in [-0.15, -0.1) is 0 Å². The van der Waals surface area contributed by atoms with Crippen LogP contribution in [0.15, 0.2) is 0 Å². The van der Waals surface area contributed by atoms with E-state index in [1.165, 1.54) is 32.2 Å². The van der Waals surface area contributed by atoms with Crippen molar-refractivity contribution in [2.24, 2.45) is 5.41 Å². The lowest BCUT2D eigenvalue weighted by atomic mass is 9.71. The van der Waals surface area contributed by atoms with Crippen molar-refractivity contribution in [3.63, 3.8) is 0 Å². The smallest absolute Gasteiger partial charge is 0.0456 e. The summed E-state index contributed by atoms with van der Waals surface area (Å²) in [4.78, 5) is 0. The first-order valence-corrected chi connectivity index (χ1v) is 4.75. The molecule has 2 heteroatoms. The summed E-state index contributed by atoms with van der Waals surface area (Å²) in [5, 5.41) is 6.96. The molecule has 0 aromatic carbocycles. The lowest BCUT2D eigenvalue weighted by molar-refractivity contribution is 0.109. The van der Waals surface area contributed by atoms with Crippen molar-refractivity contribution in [3.05, 3.63) is 0 Å². The van der Waals surface area contributed by atoms with Gasteiger partial charge >= 0.3 is 0 Å². The standard InChI is InChI=1S/C9H18N2/c1-9-5-3-2-4-8(9)11-7-10-6-9/h8,10-11H,2-7H2,1H3. The molecule has 2 atom stereocenters. The van der Waals surface area contributed by atoms with Crippen LogP contribution in [0.2, 0.25) is 0 Å². The molecule has 2 nitrogen and oxygen atoms in total. The third kappa shape index (κ3) is 1.30. The summed E-state index contributed by atoms with van der Waals surface area (Å²) >= 11 is 0. The summed E-state index contributed by atoms with van der Waals surface area (Å²) in [7, 11) is 0. The van der Waals surface area contributed by atoms with Gasteiger partial charge in [-0.1, -0.05) is 19.8 Å². The Hall–Kier alpha value is -0.0800. The van der Waals surface area contributed by atoms with Crippen molar-refractivity contribution >= 4 is 0 Å². The third-order valence-electron chi connectivity index (χ3n) is 3.33. The van der Waals surface area contributed by atoms with Crippen molar-refractivity contribution in [2.75, 3.05) is 13.2 Å². The van der Waals surface area contributed by atoms with Crippen molar-refractivity contribution in [3.8, 4) is 0 Å². The molecule has 0 bridgehead atoms. The maximum absolute atomic E-state index is 3.55. The Kier molecular flexibility index (Phi) is 1.90. The molecular formula is C9H18N2. The minimum Gasteiger partial charge on any atom is -0.304 e. The maximum Gasteiger partial charge on any atom is 0.0456 e. The summed E-state index contributed by atoms with van der Waals surface area (Å²) in [6, 6.07) is 0.789. The molecule has 1 saturated heterocycles. The first kappa shape index (κ1) is 7.56. The molecule has 1 heterocycles. The highest BCUT2D eigenvalue weighted by Gasteiger charge is 2.37. The van der Waals surface area contributed by atoms with Gasteiger partial charge in [-0.05, 0) is 18.3 Å². The topological polar surface area (TPSA) is 24.1 Å². The van der Waals surface area contributed by atoms with Crippen molar-refractivity contribution in [1.29, 1.82) is 0 Å². The molecular weight excluding hydrogens is 136 g/mol. The molecule has 2 fully saturated rings. The van der Waals surface area contributed by atoms with Crippen LogP contribution in [0.1, 0.15) is 32.6 Å². The highest BCUT2D eigenvalue weighted by atomic mass is 15.1. The Balaban J connectivity index is 2.06. The van der Waals surface area contributed by atoms with Gasteiger partial charge in [0.1, 0.15) is 0 Å². The molecule has 2 unspecified atom stereocenters. The zero-order chi connectivity index (χ0) is 7.73. The second-order valence-corrected chi connectivity index (χ2v) is 4.26. The van der Waals surface area contributed by atoms with Crippen molar-refractivity contribution < 1.29 is 0 Å². The van der Waals surface area contributed by atoms with Crippen molar-refractivity contribution in [1.82, 2.24) is 10.6 Å². The molecule has 0 spiro atoms. The van der Waals surface area contributed by atoms with Gasteiger partial charge in [0.15, 0.2) is 0 Å². The Morgan fingerprint density at radius 3 is 3.09 bits per heavy atom. The van der Waals surface area contributed by atoms with Crippen LogP contribution in [0.3, 0.4) is 0 Å². The molecule has 0 amide bonds. The van der Waals surface area contributed by atoms with E-state index in [0.717, 1.165) is 12.7 Å². The Labute approximate surface area is 68.7 Å². The molecule has 64 valence electrons. The minimum absolute atomic E-state index is 0.552. The fraction of sp³-hybridized carbons (Fsp3) is 1.00. The third-order valence-corrected chi connectivity index (χ3v) is 3.33. The second kappa shape index (κ2) is 2.76. The quantitative estimate of drug-likeness (QED) is 0.545. The van der Waals surface area contributed by atoms with E-state index in [1.54, 1.807) is 0 Å². The highest BCUT2D eigenvalue weighted by molar-refractivity contribution is 4.94. The first-order valence-electron chi connectivity index (χ1n) is 4.75. The van der Waals surface area contributed by atoms with Gasteiger partial charge in [-0.2, -0.15) is 0 Å². The molecule has 2 rings (SSSR count). The number of hydrogen-bond acceptors (Lipinski definition) is 2. The summed E-state index contributed by atoms with van der Waals surface area (Å²) in [5.41, 5.74) is 0.552. The number of nitrogens with one attached hydrogen (secondary N) is 2. The number of hydrogen-bond donors (Lipinski definition) is 2. The van der Waals surface area contributed by atoms with E-state index in [2.05, 4.69) is 17.6 Å². The average molecular weight is 154 g/mol. The lowest BCUT2D eigenvalue weighted by Crippen LogP contribution is -2.58. The summed E-state index contributed by atoms with van der Waals surface area (Å²) in [6.45, 7) is 4.64. The Bertz CT molecular complexity index is 132. The van der Waals surface area contributed by atoms with Crippen LogP contribution in [-0.2, 0) is 0 Å². The molecule has 0 aromatic rings. The van der Waals surface area contributed by atoms with Crippen LogP contribution in [0.5, 0.6) is 0 Å². The number of rotatable bonds is 0. The maximum atomic E-state index is 3.55. The first-order chi connectivity index (χ1) is 5.31. The van der Waals surface area contributed by atoms with Gasteiger partial charge < -0.3 is 10.6 Å². The molecule has 1 saturated carbocycles. The van der Waals surface area contributed by atoms with Crippen LogP contribution in [-0.4, -0.2) is 19.3 Å². The van der Waals surface area contributed by atoms with Crippen LogP contribution in [0.25, 0.3) is 0 Å². The normalized spacial score (nSPS) is 45.0. The Morgan fingerprint density at radius 2 is 2.27 bits per heavy atom. The van der Waals surface area contributed by atoms with Gasteiger partial charge in [0.25, 0.3) is 0 Å². The fourth-order valence-electron chi connectivity index (χ4n) is 2.50. The van der Waals surface area contributed by atoms with Crippen LogP contribution < -0.4 is 10.6 Å². The van der Waals surface area contributed by atoms with E-state index in [9.17, 15) is 0 Å². The summed E-state index contributed by atoms with van der Waals surface area (Å²) in [5.74, 6) is 0. The molecule has 1 aliphatic carbocycles. The minimum atomic E-state index is 0.552. The zero-order valence-corrected chi connectivity index (χ0v) is 7.32. The molecule has 0 radical (unpaired) electrons. The predicted octanol–water partition coefficient (Wildman–Crippen LogP) is 1.09. The molecule has 11 heavy (non-hydrogen) atoms. The highest BCUT2D eigenvalue weighted by Crippen LogP contribution is 2.36. The van der Waals surface area contributed by atoms with Gasteiger partial charge in [0.2, 0.25) is 0 Å². The zero-order valence-electron chi connectivity index (χ0n) is 7.32. The SMILES string of the molecule is CC12CCCCC1NCNC2. The fourth-order valence-corrected chi connectivity index (χ4v) is 2.50. The van der Waals surface area contributed by atoms with E-state index in [4.69, 9.17) is 0 Å². The Morgan fingerprint density at radius 1 is 1.36 bits per heavy atom. The van der Waals surface area contributed by atoms with E-state index >= 15 is 0 Å². The molecule has 2 aliphatic rings. The predicted molar refractivity (Wildman–Crippen MR) is 46.4 cm³/mol. The van der Waals surface area contributed by atoms with E-state index in [-0.39, 0.29) is 0 Å². The van der Waals surface area contributed by atoms with E-state index in [1.807, 2.05) is 0 Å².